The molecule has 2 heterocycles. The number of ether oxygens (including phenoxy) is 4. The van der Waals surface area contributed by atoms with Crippen molar-refractivity contribution >= 4 is 11.9 Å². The molecule has 28 heavy (non-hydrogen) atoms. The first kappa shape index (κ1) is 21.3. The summed E-state index contributed by atoms with van der Waals surface area (Å²) in [5.41, 5.74) is 0. The highest BCUT2D eigenvalue weighted by atomic mass is 16.7. The molecule has 2 saturated heterocycles. The van der Waals surface area contributed by atoms with Crippen LogP contribution in [-0.2, 0) is 28.5 Å². The largest absolute Gasteiger partial charge is 0.469 e. The van der Waals surface area contributed by atoms with Gasteiger partial charge in [0.1, 0.15) is 6.10 Å². The minimum absolute atomic E-state index is 0.0370. The fraction of sp³-hybridized carbons (Fsp3) is 0.818. The minimum atomic E-state index is -0.258. The second-order valence-corrected chi connectivity index (χ2v) is 8.19. The van der Waals surface area contributed by atoms with E-state index in [2.05, 4.69) is 19.1 Å². The van der Waals surface area contributed by atoms with Crippen LogP contribution >= 0.6 is 0 Å². The van der Waals surface area contributed by atoms with Crippen molar-refractivity contribution in [1.29, 1.82) is 0 Å². The monoisotopic (exact) mass is 394 g/mol. The van der Waals surface area contributed by atoms with Gasteiger partial charge in [0, 0.05) is 12.5 Å². The highest BCUT2D eigenvalue weighted by Gasteiger charge is 2.51. The molecule has 0 aromatic rings. The Hall–Kier alpha value is -1.40. The fourth-order valence-electron chi connectivity index (χ4n) is 4.69. The van der Waals surface area contributed by atoms with E-state index >= 15 is 0 Å². The molecule has 0 aromatic heterocycles. The van der Waals surface area contributed by atoms with Crippen LogP contribution in [0.2, 0.25) is 0 Å². The van der Waals surface area contributed by atoms with Crippen molar-refractivity contribution in [2.45, 2.75) is 83.2 Å². The van der Waals surface area contributed by atoms with Crippen LogP contribution in [0.25, 0.3) is 0 Å². The van der Waals surface area contributed by atoms with Crippen molar-refractivity contribution in [1.82, 2.24) is 0 Å². The van der Waals surface area contributed by atoms with Crippen LogP contribution in [0.15, 0.2) is 12.2 Å². The Labute approximate surface area is 167 Å². The van der Waals surface area contributed by atoms with Crippen LogP contribution in [0.4, 0.5) is 0 Å². The lowest BCUT2D eigenvalue weighted by Gasteiger charge is -2.27. The lowest BCUT2D eigenvalue weighted by atomic mass is 9.87. The number of hydrogen-bond acceptors (Lipinski definition) is 6. The Kier molecular flexibility index (Phi) is 7.91. The Morgan fingerprint density at radius 2 is 2.18 bits per heavy atom. The summed E-state index contributed by atoms with van der Waals surface area (Å²) in [5, 5.41) is 0. The molecule has 3 fully saturated rings. The number of rotatable bonds is 9. The quantitative estimate of drug-likeness (QED) is 0.337. The summed E-state index contributed by atoms with van der Waals surface area (Å²) in [6.45, 7) is 2.94. The predicted molar refractivity (Wildman–Crippen MR) is 103 cm³/mol. The second-order valence-electron chi connectivity index (χ2n) is 8.19. The summed E-state index contributed by atoms with van der Waals surface area (Å²) in [6.07, 6.45) is 12.2. The van der Waals surface area contributed by atoms with Gasteiger partial charge in [-0.1, -0.05) is 38.3 Å². The molecule has 1 saturated carbocycles. The summed E-state index contributed by atoms with van der Waals surface area (Å²) in [6, 6.07) is 0. The summed E-state index contributed by atoms with van der Waals surface area (Å²) in [4.78, 5) is 24.0. The normalized spacial score (nSPS) is 33.6. The van der Waals surface area contributed by atoms with Crippen LogP contribution in [0.5, 0.6) is 0 Å². The van der Waals surface area contributed by atoms with Gasteiger partial charge in [-0.2, -0.15) is 0 Å². The maximum absolute atomic E-state index is 12.3. The van der Waals surface area contributed by atoms with Crippen molar-refractivity contribution in [2.24, 2.45) is 17.8 Å². The average molecular weight is 395 g/mol. The van der Waals surface area contributed by atoms with Crippen molar-refractivity contribution in [3.05, 3.63) is 12.2 Å². The number of esters is 2. The van der Waals surface area contributed by atoms with E-state index < -0.39 is 0 Å². The number of hydrogen-bond donors (Lipinski definition) is 0. The lowest BCUT2D eigenvalue weighted by molar-refractivity contribution is -0.179. The topological polar surface area (TPSA) is 71.1 Å². The third-order valence-electron chi connectivity index (χ3n) is 6.22. The molecule has 0 bridgehead atoms. The van der Waals surface area contributed by atoms with E-state index in [4.69, 9.17) is 18.9 Å². The standard InChI is InChI=1S/C22H34O6/c1-3-4-5-8-15(27-21-9-6-7-12-26-21)10-11-16-17-14-20(23)28-19(17)13-18(16)22(24)25-2/h10-11,15-19,21H,3-9,12-14H2,1-2H3/b11-10+. The smallest absolute Gasteiger partial charge is 0.309 e. The Balaban J connectivity index is 1.68. The van der Waals surface area contributed by atoms with Gasteiger partial charge in [-0.3, -0.25) is 9.59 Å². The highest BCUT2D eigenvalue weighted by Crippen LogP contribution is 2.46. The fourth-order valence-corrected chi connectivity index (χ4v) is 4.69. The molecule has 6 atom stereocenters. The number of methoxy groups -OCH3 is 1. The van der Waals surface area contributed by atoms with Crippen LogP contribution in [0.1, 0.15) is 64.7 Å². The third kappa shape index (κ3) is 5.35. The van der Waals surface area contributed by atoms with Gasteiger partial charge in [-0.15, -0.1) is 0 Å². The molecule has 6 nitrogen and oxygen atoms in total. The molecule has 0 spiro atoms. The predicted octanol–water partition coefficient (Wildman–Crippen LogP) is 3.78. The van der Waals surface area contributed by atoms with E-state index in [-0.39, 0.29) is 48.2 Å². The summed E-state index contributed by atoms with van der Waals surface area (Å²) < 4.78 is 22.4. The molecule has 3 rings (SSSR count). The zero-order valence-corrected chi connectivity index (χ0v) is 17.1. The Morgan fingerprint density at radius 3 is 2.89 bits per heavy atom. The number of carbonyl (C=O) groups is 2. The molecular weight excluding hydrogens is 360 g/mol. The van der Waals surface area contributed by atoms with Gasteiger partial charge in [0.25, 0.3) is 0 Å². The van der Waals surface area contributed by atoms with Crippen LogP contribution in [0.3, 0.4) is 0 Å². The highest BCUT2D eigenvalue weighted by molar-refractivity contribution is 5.76. The number of unbranched alkanes of at least 4 members (excludes halogenated alkanes) is 2. The van der Waals surface area contributed by atoms with E-state index in [1.807, 2.05) is 0 Å². The molecule has 6 unspecified atom stereocenters. The van der Waals surface area contributed by atoms with Crippen molar-refractivity contribution in [3.63, 3.8) is 0 Å². The van der Waals surface area contributed by atoms with E-state index in [0.29, 0.717) is 12.8 Å². The summed E-state index contributed by atoms with van der Waals surface area (Å²) >= 11 is 0. The molecule has 1 aliphatic carbocycles. The van der Waals surface area contributed by atoms with Crippen LogP contribution < -0.4 is 0 Å². The van der Waals surface area contributed by atoms with Crippen molar-refractivity contribution in [2.75, 3.05) is 13.7 Å². The zero-order chi connectivity index (χ0) is 19.9. The van der Waals surface area contributed by atoms with Crippen LogP contribution in [0, 0.1) is 17.8 Å². The van der Waals surface area contributed by atoms with Gasteiger partial charge in [0.2, 0.25) is 0 Å². The first-order valence-electron chi connectivity index (χ1n) is 10.8. The molecule has 0 amide bonds. The average Bonchev–Trinajstić information content (AvgIpc) is 3.22. The van der Waals surface area contributed by atoms with E-state index in [0.717, 1.165) is 45.1 Å². The molecule has 2 aliphatic heterocycles. The van der Waals surface area contributed by atoms with Gasteiger partial charge in [0.05, 0.1) is 25.6 Å². The Morgan fingerprint density at radius 1 is 1.32 bits per heavy atom. The van der Waals surface area contributed by atoms with Gasteiger partial charge in [-0.25, -0.2) is 0 Å². The Bertz CT molecular complexity index is 553. The molecule has 0 aromatic carbocycles. The van der Waals surface area contributed by atoms with E-state index in [9.17, 15) is 9.59 Å². The van der Waals surface area contributed by atoms with E-state index in [1.54, 1.807) is 0 Å². The van der Waals surface area contributed by atoms with Gasteiger partial charge >= 0.3 is 11.9 Å². The van der Waals surface area contributed by atoms with Crippen LogP contribution in [-0.4, -0.2) is 44.2 Å². The van der Waals surface area contributed by atoms with E-state index in [1.165, 1.54) is 13.5 Å². The van der Waals surface area contributed by atoms with Gasteiger partial charge in [0.15, 0.2) is 6.29 Å². The molecule has 6 heteroatoms. The molecule has 158 valence electrons. The summed E-state index contributed by atoms with van der Waals surface area (Å²) in [7, 11) is 1.42. The van der Waals surface area contributed by atoms with Gasteiger partial charge in [-0.05, 0) is 38.0 Å². The van der Waals surface area contributed by atoms with Crippen molar-refractivity contribution in [3.8, 4) is 0 Å². The van der Waals surface area contributed by atoms with Gasteiger partial charge < -0.3 is 18.9 Å². The molecule has 0 N–H and O–H groups in total. The number of allylic oxidation sites excluding steroid dienone is 1. The number of carbonyl (C=O) groups excluding carboxylic acids is 2. The zero-order valence-electron chi connectivity index (χ0n) is 17.1. The second kappa shape index (κ2) is 10.4. The molecule has 0 radical (unpaired) electrons. The maximum atomic E-state index is 12.3. The molecular formula is C22H34O6. The first-order valence-corrected chi connectivity index (χ1v) is 10.8. The third-order valence-corrected chi connectivity index (χ3v) is 6.22. The SMILES string of the molecule is CCCCCC(/C=C/C1C(C(=O)OC)CC2OC(=O)CC21)OC1CCCCO1. The lowest BCUT2D eigenvalue weighted by Crippen LogP contribution is -2.28. The maximum Gasteiger partial charge on any atom is 0.309 e. The molecule has 3 aliphatic rings. The minimum Gasteiger partial charge on any atom is -0.469 e. The first-order chi connectivity index (χ1) is 13.6. The van der Waals surface area contributed by atoms with Crippen molar-refractivity contribution < 1.29 is 28.5 Å². The summed E-state index contributed by atoms with van der Waals surface area (Å²) in [5.74, 6) is -0.641. The number of fused-ring (bicyclic) bond motifs is 1.